The number of benzene rings is 2. The van der Waals surface area contributed by atoms with Gasteiger partial charge in [0.25, 0.3) is 22.9 Å². The zero-order valence-electron chi connectivity index (χ0n) is 33.2. The van der Waals surface area contributed by atoms with E-state index in [1.807, 2.05) is 0 Å². The summed E-state index contributed by atoms with van der Waals surface area (Å²) in [6, 6.07) is 9.89. The highest BCUT2D eigenvalue weighted by Gasteiger charge is 2.23. The number of amides is 3. The Morgan fingerprint density at radius 2 is 0.984 bits per heavy atom. The number of aromatic nitrogens is 8. The van der Waals surface area contributed by atoms with Crippen molar-refractivity contribution in [3.05, 3.63) is 104 Å². The molecule has 0 aliphatic rings. The van der Waals surface area contributed by atoms with Crippen LogP contribution < -0.4 is 49.6 Å². The molecule has 15 N–H and O–H groups in total. The molecule has 0 spiro atoms. The quantitative estimate of drug-likeness (QED) is 0.0508. The number of carboxylic acid groups (broad SMARTS) is 3. The van der Waals surface area contributed by atoms with Crippen LogP contribution in [0.3, 0.4) is 0 Å². The number of hydrogen-bond acceptors (Lipinski definition) is 18. The summed E-state index contributed by atoms with van der Waals surface area (Å²) in [4.78, 5) is 121. The molecule has 6 aromatic rings. The summed E-state index contributed by atoms with van der Waals surface area (Å²) >= 11 is 0. The van der Waals surface area contributed by atoms with Gasteiger partial charge in [-0.15, -0.1) is 0 Å². The van der Waals surface area contributed by atoms with Crippen LogP contribution in [-0.4, -0.2) is 103 Å². The van der Waals surface area contributed by atoms with E-state index in [1.54, 1.807) is 24.3 Å². The van der Waals surface area contributed by atoms with Crippen molar-refractivity contribution in [2.24, 2.45) is 5.73 Å². The van der Waals surface area contributed by atoms with Gasteiger partial charge in [-0.3, -0.25) is 38.7 Å². The Morgan fingerprint density at radius 3 is 1.34 bits per heavy atom. The number of rotatable bonds is 18. The Bertz CT molecular complexity index is 2640. The molecule has 26 nitrogen and oxygen atoms in total. The molecular formula is C38H39N15O11. The highest BCUT2D eigenvalue weighted by molar-refractivity contribution is 5.97. The van der Waals surface area contributed by atoms with E-state index < -0.39 is 58.8 Å². The van der Waals surface area contributed by atoms with Crippen molar-refractivity contribution in [1.29, 1.82) is 0 Å². The third-order valence-corrected chi connectivity index (χ3v) is 8.75. The van der Waals surface area contributed by atoms with Crippen LogP contribution in [0.5, 0.6) is 0 Å². The average Bonchev–Trinajstić information content (AvgIpc) is 3.25. The van der Waals surface area contributed by atoms with Crippen LogP contribution in [0.2, 0.25) is 0 Å². The molecule has 2 aromatic carbocycles. The van der Waals surface area contributed by atoms with Crippen LogP contribution in [0.25, 0.3) is 22.3 Å². The molecule has 0 aliphatic carbocycles. The van der Waals surface area contributed by atoms with Crippen molar-refractivity contribution in [1.82, 2.24) is 50.5 Å². The van der Waals surface area contributed by atoms with Gasteiger partial charge in [0.05, 0.1) is 36.9 Å². The van der Waals surface area contributed by atoms with Crippen LogP contribution in [0.15, 0.2) is 70.5 Å². The van der Waals surface area contributed by atoms with Gasteiger partial charge in [-0.1, -0.05) is 0 Å². The third-order valence-electron chi connectivity index (χ3n) is 8.75. The first-order valence-electron chi connectivity index (χ1n) is 18.7. The number of carbonyl (C=O) groups is 6. The molecule has 332 valence electrons. The maximum Gasteiger partial charge on any atom is 0.326 e. The second-order valence-corrected chi connectivity index (χ2v) is 13.5. The number of fused-ring (bicyclic) bond motifs is 2. The molecule has 0 saturated carbocycles. The number of nitrogens with one attached hydrogen (secondary N) is 6. The summed E-state index contributed by atoms with van der Waals surface area (Å²) in [5.74, 6) is -5.71. The summed E-state index contributed by atoms with van der Waals surface area (Å²) in [5.41, 5.74) is 18.1. The smallest absolute Gasteiger partial charge is 0.326 e. The van der Waals surface area contributed by atoms with Gasteiger partial charge in [0.2, 0.25) is 17.8 Å². The van der Waals surface area contributed by atoms with Crippen LogP contribution in [0, 0.1) is 0 Å². The zero-order chi connectivity index (χ0) is 46.5. The fourth-order valence-corrected chi connectivity index (χ4v) is 5.53. The molecule has 0 aliphatic heterocycles. The number of H-pyrrole nitrogens is 2. The van der Waals surface area contributed by atoms with E-state index in [0.29, 0.717) is 22.8 Å². The van der Waals surface area contributed by atoms with Crippen LogP contribution in [0.4, 0.5) is 23.3 Å². The summed E-state index contributed by atoms with van der Waals surface area (Å²) in [5, 5.41) is 37.8. The summed E-state index contributed by atoms with van der Waals surface area (Å²) in [6.45, 7) is 0.473. The standard InChI is InChI=1S/C19H20N8O5.C19H19N7O6/c20-13(28)6-5-12(18(31)32)25-16(29)9-1-3-10(4-2-9)22-7-11-8-23-15-14(24-11)17(30)27-19(21)26-15;20-19-25-15-14(17(30)26-19)23-11(8-22-15)7-21-10-3-1-9(2-4-10)16(29)24-12(18(31)32)5-6-13(27)28/h1-4,8,12,22H,5-7H2,(H2,20,28)(H,25,29)(H,31,32)(H3,21,23,26,27,30);1-4,8,12,21H,5-7H2,(H,24,29)(H,27,28)(H,31,32)(H3,20,22,25,26,30). The first kappa shape index (κ1) is 46.0. The molecule has 26 heteroatoms. The third kappa shape index (κ3) is 12.9. The van der Waals surface area contributed by atoms with Crippen molar-refractivity contribution < 1.29 is 44.1 Å². The molecule has 4 heterocycles. The Hall–Kier alpha value is -9.10. The number of nitrogens with zero attached hydrogens (tertiary/aromatic N) is 6. The molecule has 0 saturated heterocycles. The van der Waals surface area contributed by atoms with E-state index >= 15 is 0 Å². The van der Waals surface area contributed by atoms with E-state index in [1.165, 1.54) is 36.7 Å². The Balaban J connectivity index is 0.000000241. The van der Waals surface area contributed by atoms with Gasteiger partial charge in [0.15, 0.2) is 22.3 Å². The molecular weight excluding hydrogens is 843 g/mol. The lowest BCUT2D eigenvalue weighted by Crippen LogP contribution is -2.41. The van der Waals surface area contributed by atoms with Gasteiger partial charge in [0, 0.05) is 35.3 Å². The van der Waals surface area contributed by atoms with Gasteiger partial charge >= 0.3 is 17.9 Å². The van der Waals surface area contributed by atoms with Crippen LogP contribution >= 0.6 is 0 Å². The monoisotopic (exact) mass is 881 g/mol. The highest BCUT2D eigenvalue weighted by Crippen LogP contribution is 2.14. The normalized spacial score (nSPS) is 11.6. The Morgan fingerprint density at radius 1 is 0.594 bits per heavy atom. The molecule has 0 bridgehead atoms. The second kappa shape index (κ2) is 20.9. The van der Waals surface area contributed by atoms with Crippen LogP contribution in [0.1, 0.15) is 57.8 Å². The Labute approximate surface area is 358 Å². The predicted octanol–water partition coefficient (Wildman–Crippen LogP) is -0.689. The Kier molecular flexibility index (Phi) is 15.0. The largest absolute Gasteiger partial charge is 0.481 e. The van der Waals surface area contributed by atoms with Crippen molar-refractivity contribution in [3.8, 4) is 0 Å². The number of anilines is 4. The first-order valence-corrected chi connectivity index (χ1v) is 18.7. The molecule has 64 heavy (non-hydrogen) atoms. The lowest BCUT2D eigenvalue weighted by molar-refractivity contribution is -0.141. The van der Waals surface area contributed by atoms with E-state index in [4.69, 9.17) is 27.4 Å². The number of hydrogen-bond donors (Lipinski definition) is 12. The molecule has 6 rings (SSSR count). The fourth-order valence-electron chi connectivity index (χ4n) is 5.53. The highest BCUT2D eigenvalue weighted by atomic mass is 16.4. The molecule has 4 aromatic heterocycles. The minimum Gasteiger partial charge on any atom is -0.481 e. The molecule has 3 amide bonds. The summed E-state index contributed by atoms with van der Waals surface area (Å²) in [6.07, 6.45) is 2.04. The van der Waals surface area contributed by atoms with Crippen molar-refractivity contribution in [3.63, 3.8) is 0 Å². The van der Waals surface area contributed by atoms with Crippen molar-refractivity contribution >= 4 is 81.2 Å². The van der Waals surface area contributed by atoms with Gasteiger partial charge in [0.1, 0.15) is 12.1 Å². The fraction of sp³-hybridized carbons (Fsp3) is 0.211. The van der Waals surface area contributed by atoms with Gasteiger partial charge < -0.3 is 53.8 Å². The zero-order valence-corrected chi connectivity index (χ0v) is 33.2. The lowest BCUT2D eigenvalue weighted by atomic mass is 10.1. The SMILES string of the molecule is NC(=O)CCC(NC(=O)c1ccc(NCc2cnc3nc(N)[nH]c(=O)c3n2)cc1)C(=O)O.Nc1nc2ncc(CNc3ccc(C(=O)NC(CCC(=O)O)C(=O)O)cc3)nc2c(=O)[nH]1. The second-order valence-electron chi connectivity index (χ2n) is 13.5. The molecule has 0 radical (unpaired) electrons. The number of nitrogens with two attached hydrogens (primary N) is 3. The van der Waals surface area contributed by atoms with E-state index in [-0.39, 0.29) is 84.1 Å². The van der Waals surface area contributed by atoms with E-state index in [2.05, 4.69) is 61.1 Å². The first-order chi connectivity index (χ1) is 30.4. The van der Waals surface area contributed by atoms with E-state index in [0.717, 1.165) is 0 Å². The summed E-state index contributed by atoms with van der Waals surface area (Å²) < 4.78 is 0. The van der Waals surface area contributed by atoms with E-state index in [9.17, 15) is 43.5 Å². The number of aliphatic carboxylic acids is 3. The number of carbonyl (C=O) groups excluding carboxylic acids is 3. The minimum absolute atomic E-state index is 0.0469. The molecule has 2 atom stereocenters. The van der Waals surface area contributed by atoms with Gasteiger partial charge in [-0.05, 0) is 61.4 Å². The van der Waals surface area contributed by atoms with Gasteiger partial charge in [-0.2, -0.15) is 9.97 Å². The number of aromatic amines is 2. The van der Waals surface area contributed by atoms with Gasteiger partial charge in [-0.25, -0.2) is 29.5 Å². The topological polar surface area (TPSA) is 432 Å². The molecule has 2 unspecified atom stereocenters. The maximum atomic E-state index is 12.3. The maximum absolute atomic E-state index is 12.3. The summed E-state index contributed by atoms with van der Waals surface area (Å²) in [7, 11) is 0. The van der Waals surface area contributed by atoms with Crippen molar-refractivity contribution in [2.45, 2.75) is 50.9 Å². The average molecular weight is 882 g/mol. The lowest BCUT2D eigenvalue weighted by Gasteiger charge is -2.14. The minimum atomic E-state index is -1.31. The van der Waals surface area contributed by atoms with Crippen molar-refractivity contribution in [2.75, 3.05) is 22.1 Å². The number of carboxylic acids is 3. The number of nitrogen functional groups attached to an aromatic ring is 2. The molecule has 0 fully saturated rings. The predicted molar refractivity (Wildman–Crippen MR) is 225 cm³/mol. The van der Waals surface area contributed by atoms with Crippen LogP contribution in [-0.2, 0) is 32.3 Å². The number of primary amides is 1.